The molecule has 0 aliphatic carbocycles. The molecule has 32 heavy (non-hydrogen) atoms. The van der Waals surface area contributed by atoms with Crippen molar-refractivity contribution < 1.29 is 9.59 Å². The first kappa shape index (κ1) is 21.8. The average Bonchev–Trinajstić information content (AvgIpc) is 2.80. The third kappa shape index (κ3) is 5.42. The van der Waals surface area contributed by atoms with Gasteiger partial charge in [-0.2, -0.15) is 0 Å². The van der Waals surface area contributed by atoms with Crippen LogP contribution in [-0.2, 0) is 9.59 Å². The molecule has 0 saturated carbocycles. The van der Waals surface area contributed by atoms with E-state index in [1.807, 2.05) is 42.5 Å². The number of rotatable bonds is 5. The smallest absolute Gasteiger partial charge is 0.227 e. The Morgan fingerprint density at radius 3 is 2.25 bits per heavy atom. The Bertz CT molecular complexity index is 1090. The summed E-state index contributed by atoms with van der Waals surface area (Å²) in [6, 6.07) is 18.6. The van der Waals surface area contributed by atoms with Gasteiger partial charge in [0.05, 0.1) is 5.69 Å². The molecule has 7 nitrogen and oxygen atoms in total. The Hall–Kier alpha value is -3.45. The molecule has 8 heteroatoms. The minimum atomic E-state index is -0.148. The summed E-state index contributed by atoms with van der Waals surface area (Å²) in [6.07, 6.45) is 1.47. The Balaban J connectivity index is 1.32. The van der Waals surface area contributed by atoms with E-state index in [1.54, 1.807) is 18.2 Å². The molecule has 2 amide bonds. The van der Waals surface area contributed by atoms with E-state index in [2.05, 4.69) is 25.7 Å². The second-order valence-electron chi connectivity index (χ2n) is 7.80. The van der Waals surface area contributed by atoms with Crippen molar-refractivity contribution in [3.8, 4) is 11.3 Å². The molecule has 1 fully saturated rings. The lowest BCUT2D eigenvalue weighted by molar-refractivity contribution is -0.120. The van der Waals surface area contributed by atoms with Crippen molar-refractivity contribution >= 4 is 40.6 Å². The fourth-order valence-electron chi connectivity index (χ4n) is 3.76. The number of carbonyl (C=O) groups is 2. The highest BCUT2D eigenvalue weighted by Crippen LogP contribution is 2.25. The van der Waals surface area contributed by atoms with Crippen LogP contribution in [0.5, 0.6) is 0 Å². The van der Waals surface area contributed by atoms with E-state index in [0.29, 0.717) is 16.4 Å². The highest BCUT2D eigenvalue weighted by molar-refractivity contribution is 6.30. The van der Waals surface area contributed by atoms with Crippen LogP contribution in [0.15, 0.2) is 60.7 Å². The van der Waals surface area contributed by atoms with Gasteiger partial charge in [-0.1, -0.05) is 29.8 Å². The minimum Gasteiger partial charge on any atom is -0.355 e. The second-order valence-corrected chi connectivity index (χ2v) is 8.23. The van der Waals surface area contributed by atoms with E-state index in [-0.39, 0.29) is 17.7 Å². The molecule has 1 aromatic heterocycles. The first-order chi connectivity index (χ1) is 15.5. The summed E-state index contributed by atoms with van der Waals surface area (Å²) in [4.78, 5) is 26.1. The van der Waals surface area contributed by atoms with Crippen LogP contribution in [0.25, 0.3) is 11.3 Å². The molecule has 2 N–H and O–H groups in total. The lowest BCUT2D eigenvalue weighted by Crippen LogP contribution is -2.38. The van der Waals surface area contributed by atoms with Gasteiger partial charge in [0, 0.05) is 47.9 Å². The van der Waals surface area contributed by atoms with Gasteiger partial charge in [-0.25, -0.2) is 0 Å². The number of nitrogens with zero attached hydrogens (tertiary/aromatic N) is 3. The number of hydrogen-bond acceptors (Lipinski definition) is 5. The second kappa shape index (κ2) is 9.78. The predicted molar refractivity (Wildman–Crippen MR) is 127 cm³/mol. The van der Waals surface area contributed by atoms with Crippen molar-refractivity contribution in [3.05, 3.63) is 65.7 Å². The van der Waals surface area contributed by atoms with Gasteiger partial charge in [0.25, 0.3) is 0 Å². The topological polar surface area (TPSA) is 87.2 Å². The van der Waals surface area contributed by atoms with Gasteiger partial charge in [-0.15, -0.1) is 10.2 Å². The van der Waals surface area contributed by atoms with Crippen LogP contribution in [-0.4, -0.2) is 35.1 Å². The van der Waals surface area contributed by atoms with Crippen molar-refractivity contribution in [2.45, 2.75) is 19.8 Å². The van der Waals surface area contributed by atoms with Crippen molar-refractivity contribution in [3.63, 3.8) is 0 Å². The number of hydrogen-bond donors (Lipinski definition) is 2. The van der Waals surface area contributed by atoms with Crippen molar-refractivity contribution in [1.29, 1.82) is 0 Å². The third-order valence-electron chi connectivity index (χ3n) is 5.43. The first-order valence-corrected chi connectivity index (χ1v) is 10.9. The van der Waals surface area contributed by atoms with E-state index in [4.69, 9.17) is 11.6 Å². The lowest BCUT2D eigenvalue weighted by atomic mass is 9.95. The zero-order valence-electron chi connectivity index (χ0n) is 17.7. The maximum Gasteiger partial charge on any atom is 0.227 e. The summed E-state index contributed by atoms with van der Waals surface area (Å²) in [5.41, 5.74) is 3.09. The number of amides is 2. The Labute approximate surface area is 191 Å². The molecule has 0 atom stereocenters. The molecular weight excluding hydrogens is 426 g/mol. The van der Waals surface area contributed by atoms with Crippen LogP contribution in [0.4, 0.5) is 17.2 Å². The number of halogens is 1. The summed E-state index contributed by atoms with van der Waals surface area (Å²) < 4.78 is 0. The molecule has 1 saturated heterocycles. The van der Waals surface area contributed by atoms with Gasteiger partial charge in [0.15, 0.2) is 5.82 Å². The molecule has 164 valence electrons. The summed E-state index contributed by atoms with van der Waals surface area (Å²) in [5.74, 6) is 0.584. The van der Waals surface area contributed by atoms with Crippen LogP contribution in [0.3, 0.4) is 0 Å². The van der Waals surface area contributed by atoms with Crippen LogP contribution in [0.2, 0.25) is 5.02 Å². The molecule has 2 heterocycles. The number of benzene rings is 2. The van der Waals surface area contributed by atoms with Crippen molar-refractivity contribution in [2.24, 2.45) is 5.92 Å². The number of carbonyl (C=O) groups excluding carboxylic acids is 2. The van der Waals surface area contributed by atoms with E-state index in [9.17, 15) is 9.59 Å². The Morgan fingerprint density at radius 1 is 0.938 bits per heavy atom. The first-order valence-electron chi connectivity index (χ1n) is 10.5. The molecule has 0 bridgehead atoms. The zero-order valence-corrected chi connectivity index (χ0v) is 18.5. The summed E-state index contributed by atoms with van der Waals surface area (Å²) in [7, 11) is 0. The van der Waals surface area contributed by atoms with E-state index >= 15 is 0 Å². The van der Waals surface area contributed by atoms with Gasteiger partial charge < -0.3 is 15.5 Å². The lowest BCUT2D eigenvalue weighted by Gasteiger charge is -2.31. The zero-order chi connectivity index (χ0) is 22.5. The highest BCUT2D eigenvalue weighted by atomic mass is 35.5. The highest BCUT2D eigenvalue weighted by Gasteiger charge is 2.26. The van der Waals surface area contributed by atoms with E-state index < -0.39 is 0 Å². The van der Waals surface area contributed by atoms with Crippen LogP contribution in [0.1, 0.15) is 19.8 Å². The molecule has 1 aliphatic rings. The van der Waals surface area contributed by atoms with Gasteiger partial charge in [0.2, 0.25) is 11.8 Å². The quantitative estimate of drug-likeness (QED) is 0.593. The fraction of sp³-hybridized carbons (Fsp3) is 0.250. The molecule has 2 aromatic carbocycles. The van der Waals surface area contributed by atoms with E-state index in [0.717, 1.165) is 43.0 Å². The Kier molecular flexibility index (Phi) is 6.66. The standard InChI is InChI=1S/C24H24ClN5O2/c1-16(31)26-20-3-2-4-21(15-20)27-24(32)18-11-13-30(14-12-18)23-10-9-22(28-29-23)17-5-7-19(25)8-6-17/h2-10,15,18H,11-14H2,1H3,(H,26,31)(H,27,32). The normalized spacial score (nSPS) is 14.1. The molecule has 0 radical (unpaired) electrons. The molecule has 3 aromatic rings. The number of nitrogens with one attached hydrogen (secondary N) is 2. The molecule has 1 aliphatic heterocycles. The third-order valence-corrected chi connectivity index (χ3v) is 5.68. The summed E-state index contributed by atoms with van der Waals surface area (Å²) in [6.45, 7) is 2.92. The average molecular weight is 450 g/mol. The van der Waals surface area contributed by atoms with Gasteiger partial charge in [-0.3, -0.25) is 9.59 Å². The van der Waals surface area contributed by atoms with Crippen LogP contribution in [0, 0.1) is 5.92 Å². The number of anilines is 3. The summed E-state index contributed by atoms with van der Waals surface area (Å²) >= 11 is 5.94. The minimum absolute atomic E-state index is 0.00574. The SMILES string of the molecule is CC(=O)Nc1cccc(NC(=O)C2CCN(c3ccc(-c4ccc(Cl)cc4)nn3)CC2)c1. The maximum atomic E-state index is 12.7. The van der Waals surface area contributed by atoms with Crippen molar-refractivity contribution in [1.82, 2.24) is 10.2 Å². The Morgan fingerprint density at radius 2 is 1.62 bits per heavy atom. The summed E-state index contributed by atoms with van der Waals surface area (Å²) in [5, 5.41) is 15.1. The molecule has 4 rings (SSSR count). The largest absolute Gasteiger partial charge is 0.355 e. The number of piperidine rings is 1. The van der Waals surface area contributed by atoms with Crippen molar-refractivity contribution in [2.75, 3.05) is 28.6 Å². The van der Waals surface area contributed by atoms with Crippen LogP contribution < -0.4 is 15.5 Å². The fourth-order valence-corrected chi connectivity index (χ4v) is 3.89. The molecule has 0 spiro atoms. The van der Waals surface area contributed by atoms with Gasteiger partial charge in [0.1, 0.15) is 0 Å². The molecular formula is C24H24ClN5O2. The predicted octanol–water partition coefficient (Wildman–Crippen LogP) is 4.61. The van der Waals surface area contributed by atoms with E-state index in [1.165, 1.54) is 6.92 Å². The monoisotopic (exact) mass is 449 g/mol. The van der Waals surface area contributed by atoms with Gasteiger partial charge >= 0.3 is 0 Å². The van der Waals surface area contributed by atoms with Gasteiger partial charge in [-0.05, 0) is 55.3 Å². The molecule has 0 unspecified atom stereocenters. The number of aromatic nitrogens is 2. The maximum absolute atomic E-state index is 12.7. The van der Waals surface area contributed by atoms with Crippen LogP contribution >= 0.6 is 11.6 Å².